The minimum absolute atomic E-state index is 0.0604. The number of carbonyl (C=O) groups is 3. The molecule has 1 aliphatic heterocycles. The molecule has 0 radical (unpaired) electrons. The summed E-state index contributed by atoms with van der Waals surface area (Å²) in [5.74, 6) is -1.17. The maximum absolute atomic E-state index is 12.6. The number of ether oxygens (including phenoxy) is 3. The van der Waals surface area contributed by atoms with Gasteiger partial charge in [-0.25, -0.2) is 0 Å². The fraction of sp³-hybridized carbons (Fsp3) is 0.788. The number of allylic oxidation sites excluding steroid dienone is 8. The van der Waals surface area contributed by atoms with Crippen LogP contribution in [0, 0.1) is 5.92 Å². The first-order valence-corrected chi connectivity index (χ1v) is 25.1. The first kappa shape index (κ1) is 56.3. The summed E-state index contributed by atoms with van der Waals surface area (Å²) in [4.78, 5) is 42.6. The highest BCUT2D eigenvalue weighted by atomic mass is 16.6. The number of hydrogen-bond acceptors (Lipinski definition) is 9. The summed E-state index contributed by atoms with van der Waals surface area (Å²) >= 11 is 0. The van der Waals surface area contributed by atoms with Gasteiger partial charge in [-0.05, 0) is 96.4 Å². The second-order valence-electron chi connectivity index (χ2n) is 17.1. The van der Waals surface area contributed by atoms with Crippen LogP contribution in [0.25, 0.3) is 0 Å². The highest BCUT2D eigenvalue weighted by Gasteiger charge is 2.19. The number of piperazine rings is 1. The summed E-state index contributed by atoms with van der Waals surface area (Å²) in [5.41, 5.74) is 0. The molecule has 352 valence electrons. The van der Waals surface area contributed by atoms with E-state index in [1.54, 1.807) is 0 Å². The van der Waals surface area contributed by atoms with Gasteiger partial charge in [0.05, 0.1) is 12.5 Å². The van der Waals surface area contributed by atoms with Gasteiger partial charge >= 0.3 is 17.9 Å². The Morgan fingerprint density at radius 2 is 0.770 bits per heavy atom. The van der Waals surface area contributed by atoms with Crippen molar-refractivity contribution >= 4 is 17.9 Å². The van der Waals surface area contributed by atoms with Crippen LogP contribution in [0.4, 0.5) is 0 Å². The minimum atomic E-state index is -0.393. The monoisotopic (exact) mass is 857 g/mol. The van der Waals surface area contributed by atoms with Crippen LogP contribution in [0.15, 0.2) is 48.6 Å². The van der Waals surface area contributed by atoms with Gasteiger partial charge in [-0.1, -0.05) is 133 Å². The smallest absolute Gasteiger partial charge is 0.305 e. The lowest BCUT2D eigenvalue weighted by molar-refractivity contribution is -0.153. The number of hydrogen-bond donors (Lipinski definition) is 1. The molecule has 0 aromatic carbocycles. The van der Waals surface area contributed by atoms with Crippen molar-refractivity contribution in [3.63, 3.8) is 0 Å². The fourth-order valence-corrected chi connectivity index (χ4v) is 7.31. The lowest BCUT2D eigenvalue weighted by Crippen LogP contribution is -2.47. The van der Waals surface area contributed by atoms with E-state index in [0.29, 0.717) is 19.3 Å². The largest absolute Gasteiger partial charge is 0.465 e. The van der Waals surface area contributed by atoms with Crippen molar-refractivity contribution in [3.05, 3.63) is 48.6 Å². The van der Waals surface area contributed by atoms with Crippen molar-refractivity contribution < 1.29 is 33.7 Å². The Kier molecular flexibility index (Phi) is 40.5. The van der Waals surface area contributed by atoms with E-state index in [1.165, 1.54) is 64.2 Å². The van der Waals surface area contributed by atoms with Crippen molar-refractivity contribution in [1.29, 1.82) is 0 Å². The minimum Gasteiger partial charge on any atom is -0.465 e. The third-order valence-electron chi connectivity index (χ3n) is 11.3. The average molecular weight is 857 g/mol. The fourth-order valence-electron chi connectivity index (χ4n) is 7.31. The van der Waals surface area contributed by atoms with Crippen LogP contribution in [0.3, 0.4) is 0 Å². The molecule has 61 heavy (non-hydrogen) atoms. The number of carbonyl (C=O) groups excluding carboxylic acids is 3. The molecule has 0 aromatic rings. The van der Waals surface area contributed by atoms with Gasteiger partial charge in [0.15, 0.2) is 0 Å². The normalized spacial score (nSPS) is 14.1. The molecule has 1 saturated heterocycles. The lowest BCUT2D eigenvalue weighted by atomic mass is 10.1. The number of rotatable bonds is 42. The van der Waals surface area contributed by atoms with E-state index in [1.807, 2.05) is 0 Å². The standard InChI is InChI=1S/C52H92N2O7/c1-3-5-7-9-11-13-15-17-19-21-23-25-27-29-32-36-50(56)59-46-49(48-61-52(58)38-34-31-35-39-53-40-42-54(43-41-53)44-45-55)47-60-51(57)37-33-30-28-26-24-22-20-18-16-14-12-10-8-6-4-2/h11-14,17-20,49,55H,3-10,15-16,21-48H2,1-2H3/b13-11-,14-12-,19-17-,20-18-. The quantitative estimate of drug-likeness (QED) is 0.0278. The van der Waals surface area contributed by atoms with Crippen molar-refractivity contribution in [2.45, 2.75) is 194 Å². The number of aliphatic hydroxyl groups excluding tert-OH is 1. The Hall–Kier alpha value is -2.75. The molecule has 0 bridgehead atoms. The van der Waals surface area contributed by atoms with E-state index >= 15 is 0 Å². The number of β-amino-alcohol motifs (C(OH)–C–C–N with tert-alkyl or cyclic N) is 1. The lowest BCUT2D eigenvalue weighted by Gasteiger charge is -2.34. The molecule has 1 N–H and O–H groups in total. The molecule has 1 rings (SSSR count). The molecule has 0 amide bonds. The third kappa shape index (κ3) is 38.6. The molecule has 1 fully saturated rings. The van der Waals surface area contributed by atoms with Gasteiger partial charge in [-0.2, -0.15) is 0 Å². The number of esters is 3. The maximum Gasteiger partial charge on any atom is 0.305 e. The molecule has 0 aliphatic carbocycles. The Balaban J connectivity index is 2.32. The maximum atomic E-state index is 12.6. The SMILES string of the molecule is CCCCC/C=C\C/C=C\CCCCCCCC(=O)OCC(COC(=O)CCCCCCC/C=C\C/C=C\CCCCC)COC(=O)CCCCCN1CCN(CCO)CC1. The first-order valence-electron chi connectivity index (χ1n) is 25.1. The third-order valence-corrected chi connectivity index (χ3v) is 11.3. The highest BCUT2D eigenvalue weighted by Crippen LogP contribution is 2.13. The molecular formula is C52H92N2O7. The summed E-state index contributed by atoms with van der Waals surface area (Å²) < 4.78 is 16.8. The van der Waals surface area contributed by atoms with Crippen LogP contribution < -0.4 is 0 Å². The van der Waals surface area contributed by atoms with Crippen LogP contribution in [-0.2, 0) is 28.6 Å². The van der Waals surface area contributed by atoms with Crippen molar-refractivity contribution in [2.75, 3.05) is 65.7 Å². The van der Waals surface area contributed by atoms with E-state index in [2.05, 4.69) is 72.3 Å². The van der Waals surface area contributed by atoms with Crippen molar-refractivity contribution in [2.24, 2.45) is 5.92 Å². The zero-order valence-electron chi connectivity index (χ0n) is 39.4. The summed E-state index contributed by atoms with van der Waals surface area (Å²) in [6, 6.07) is 0. The van der Waals surface area contributed by atoms with Crippen LogP contribution in [0.1, 0.15) is 194 Å². The van der Waals surface area contributed by atoms with Crippen LogP contribution in [0.2, 0.25) is 0 Å². The van der Waals surface area contributed by atoms with E-state index in [9.17, 15) is 14.4 Å². The molecule has 0 spiro atoms. The van der Waals surface area contributed by atoms with E-state index in [0.717, 1.165) is 136 Å². The van der Waals surface area contributed by atoms with Crippen LogP contribution in [0.5, 0.6) is 0 Å². The van der Waals surface area contributed by atoms with Gasteiger partial charge in [-0.15, -0.1) is 0 Å². The Morgan fingerprint density at radius 1 is 0.443 bits per heavy atom. The molecule has 0 saturated carbocycles. The van der Waals surface area contributed by atoms with Gasteiger partial charge in [0.25, 0.3) is 0 Å². The Morgan fingerprint density at radius 3 is 1.15 bits per heavy atom. The summed E-state index contributed by atoms with van der Waals surface area (Å²) in [7, 11) is 0. The van der Waals surface area contributed by atoms with Gasteiger partial charge in [0.2, 0.25) is 0 Å². The van der Waals surface area contributed by atoms with Crippen LogP contribution in [-0.4, -0.2) is 98.5 Å². The van der Waals surface area contributed by atoms with Gasteiger partial charge in [0.1, 0.15) is 19.8 Å². The molecule has 9 nitrogen and oxygen atoms in total. The number of unbranched alkanes of at least 4 members (excludes halogenated alkanes) is 18. The van der Waals surface area contributed by atoms with E-state index in [4.69, 9.17) is 19.3 Å². The predicted molar refractivity (Wildman–Crippen MR) is 254 cm³/mol. The zero-order chi connectivity index (χ0) is 44.1. The summed E-state index contributed by atoms with van der Waals surface area (Å²) in [6.07, 6.45) is 46.8. The molecular weight excluding hydrogens is 765 g/mol. The van der Waals surface area contributed by atoms with Crippen LogP contribution >= 0.6 is 0 Å². The van der Waals surface area contributed by atoms with E-state index in [-0.39, 0.29) is 44.3 Å². The molecule has 0 aromatic heterocycles. The Labute approximate surface area is 374 Å². The van der Waals surface area contributed by atoms with Crippen molar-refractivity contribution in [1.82, 2.24) is 9.80 Å². The molecule has 1 aliphatic rings. The number of nitrogens with zero attached hydrogens (tertiary/aromatic N) is 2. The molecule has 1 heterocycles. The zero-order valence-corrected chi connectivity index (χ0v) is 39.4. The predicted octanol–water partition coefficient (Wildman–Crippen LogP) is 12.0. The summed E-state index contributed by atoms with van der Waals surface area (Å²) in [5, 5.41) is 9.15. The second kappa shape index (κ2) is 43.9. The second-order valence-corrected chi connectivity index (χ2v) is 17.1. The topological polar surface area (TPSA) is 106 Å². The molecule has 9 heteroatoms. The number of aliphatic hydroxyl groups is 1. The van der Waals surface area contributed by atoms with Gasteiger partial charge in [-0.3, -0.25) is 19.3 Å². The van der Waals surface area contributed by atoms with Crippen molar-refractivity contribution in [3.8, 4) is 0 Å². The first-order chi connectivity index (χ1) is 30.0. The average Bonchev–Trinajstić information content (AvgIpc) is 3.26. The van der Waals surface area contributed by atoms with E-state index < -0.39 is 5.92 Å². The highest BCUT2D eigenvalue weighted by molar-refractivity contribution is 5.70. The Bertz CT molecular complexity index is 1080. The van der Waals surface area contributed by atoms with Gasteiger partial charge < -0.3 is 24.2 Å². The molecule has 0 atom stereocenters. The molecule has 0 unspecified atom stereocenters. The summed E-state index contributed by atoms with van der Waals surface area (Å²) in [6.45, 7) is 10.7. The van der Waals surface area contributed by atoms with Gasteiger partial charge in [0, 0.05) is 52.0 Å².